The number of carbonyl (C=O) groups excluding carboxylic acids is 1. The number of halogens is 2. The fourth-order valence-corrected chi connectivity index (χ4v) is 3.97. The van der Waals surface area contributed by atoms with Crippen LogP contribution in [0.5, 0.6) is 0 Å². The summed E-state index contributed by atoms with van der Waals surface area (Å²) >= 11 is 5.91. The van der Waals surface area contributed by atoms with E-state index in [1.165, 1.54) is 6.07 Å². The number of rotatable bonds is 6. The van der Waals surface area contributed by atoms with E-state index in [1.54, 1.807) is 30.6 Å². The number of piperidine rings is 1. The van der Waals surface area contributed by atoms with Crippen LogP contribution in [0.2, 0.25) is 5.02 Å². The molecule has 1 aliphatic heterocycles. The summed E-state index contributed by atoms with van der Waals surface area (Å²) in [6.07, 6.45) is 4.32. The van der Waals surface area contributed by atoms with Gasteiger partial charge in [0.1, 0.15) is 5.82 Å². The highest BCUT2D eigenvalue weighted by Crippen LogP contribution is 2.35. The molecule has 2 heterocycles. The second-order valence-electron chi connectivity index (χ2n) is 7.98. The first-order chi connectivity index (χ1) is 15.4. The van der Waals surface area contributed by atoms with E-state index < -0.39 is 17.8 Å². The van der Waals surface area contributed by atoms with Crippen molar-refractivity contribution in [3.8, 4) is 11.1 Å². The minimum Gasteiger partial charge on any atom is -0.393 e. The number of benzene rings is 2. The molecular formula is C23H25ClFN5O2. The summed E-state index contributed by atoms with van der Waals surface area (Å²) in [6, 6.07) is 9.33. The van der Waals surface area contributed by atoms with Gasteiger partial charge in [0.2, 0.25) is 5.91 Å². The van der Waals surface area contributed by atoms with Crippen LogP contribution < -0.4 is 16.0 Å². The van der Waals surface area contributed by atoms with Gasteiger partial charge in [0.15, 0.2) is 0 Å². The summed E-state index contributed by atoms with van der Waals surface area (Å²) in [6.45, 7) is 1.19. The first-order valence-electron chi connectivity index (χ1n) is 10.5. The molecule has 32 heavy (non-hydrogen) atoms. The molecule has 1 amide bonds. The normalized spacial score (nSPS) is 15.6. The van der Waals surface area contributed by atoms with Crippen LogP contribution >= 0.6 is 11.6 Å². The van der Waals surface area contributed by atoms with Gasteiger partial charge >= 0.3 is 0 Å². The Balaban J connectivity index is 1.59. The standard InChI is InChI=1S/C23H25ClFN5O2/c24-16-3-1-14(2-4-16)9-20(26)23(32)29-21-11-19(25)18(15-12-27-28-13-15)10-22(21)30-7-5-17(31)6-8-30/h1-4,10-13,17,20,31H,5-9,26H2,(H,27,28)(H,29,32)/t20-/m1/s1. The molecule has 4 rings (SSSR count). The summed E-state index contributed by atoms with van der Waals surface area (Å²) < 4.78 is 15.0. The lowest BCUT2D eigenvalue weighted by atomic mass is 10.0. The Bertz CT molecular complexity index is 1070. The van der Waals surface area contributed by atoms with Crippen LogP contribution in [0.1, 0.15) is 18.4 Å². The van der Waals surface area contributed by atoms with Crippen LogP contribution in [0.4, 0.5) is 15.8 Å². The molecule has 3 aromatic rings. The van der Waals surface area contributed by atoms with Crippen molar-refractivity contribution in [1.29, 1.82) is 0 Å². The maximum absolute atomic E-state index is 15.0. The fraction of sp³-hybridized carbons (Fsp3) is 0.304. The second kappa shape index (κ2) is 9.68. The molecule has 0 spiro atoms. The highest BCUT2D eigenvalue weighted by Gasteiger charge is 2.24. The zero-order valence-corrected chi connectivity index (χ0v) is 18.1. The van der Waals surface area contributed by atoms with Crippen molar-refractivity contribution >= 4 is 28.9 Å². The second-order valence-corrected chi connectivity index (χ2v) is 8.42. The minimum atomic E-state index is -0.816. The highest BCUT2D eigenvalue weighted by atomic mass is 35.5. The Morgan fingerprint density at radius 1 is 1.31 bits per heavy atom. The lowest BCUT2D eigenvalue weighted by Gasteiger charge is -2.33. The van der Waals surface area contributed by atoms with Crippen molar-refractivity contribution in [3.63, 3.8) is 0 Å². The Labute approximate surface area is 190 Å². The van der Waals surface area contributed by atoms with E-state index in [1.807, 2.05) is 17.0 Å². The Kier molecular flexibility index (Phi) is 6.74. The number of aromatic amines is 1. The number of H-pyrrole nitrogens is 1. The van der Waals surface area contributed by atoms with Crippen LogP contribution in [-0.4, -0.2) is 46.4 Å². The Morgan fingerprint density at radius 3 is 2.69 bits per heavy atom. The van der Waals surface area contributed by atoms with Gasteiger partial charge in [-0.2, -0.15) is 5.10 Å². The molecular weight excluding hydrogens is 433 g/mol. The van der Waals surface area contributed by atoms with E-state index in [0.717, 1.165) is 5.56 Å². The van der Waals surface area contributed by atoms with Crippen LogP contribution in [0.15, 0.2) is 48.8 Å². The summed E-state index contributed by atoms with van der Waals surface area (Å²) in [7, 11) is 0. The van der Waals surface area contributed by atoms with Crippen molar-refractivity contribution in [2.75, 3.05) is 23.3 Å². The maximum Gasteiger partial charge on any atom is 0.241 e. The van der Waals surface area contributed by atoms with E-state index in [9.17, 15) is 14.3 Å². The van der Waals surface area contributed by atoms with Crippen LogP contribution in [0, 0.1) is 5.82 Å². The monoisotopic (exact) mass is 457 g/mol. The average molecular weight is 458 g/mol. The number of nitrogens with zero attached hydrogens (tertiary/aromatic N) is 2. The first kappa shape index (κ1) is 22.3. The van der Waals surface area contributed by atoms with Crippen molar-refractivity contribution in [1.82, 2.24) is 10.2 Å². The molecule has 1 aliphatic rings. The van der Waals surface area contributed by atoms with Gasteiger partial charge in [-0.1, -0.05) is 23.7 Å². The molecule has 1 fully saturated rings. The predicted molar refractivity (Wildman–Crippen MR) is 123 cm³/mol. The molecule has 1 aromatic heterocycles. The third-order valence-corrected chi connectivity index (χ3v) is 5.92. The lowest BCUT2D eigenvalue weighted by Crippen LogP contribution is -2.39. The first-order valence-corrected chi connectivity index (χ1v) is 10.8. The number of hydrogen-bond donors (Lipinski definition) is 4. The molecule has 1 saturated heterocycles. The molecule has 2 aromatic carbocycles. The smallest absolute Gasteiger partial charge is 0.241 e. The number of anilines is 2. The zero-order valence-electron chi connectivity index (χ0n) is 17.4. The lowest BCUT2D eigenvalue weighted by molar-refractivity contribution is -0.117. The predicted octanol–water partition coefficient (Wildman–Crippen LogP) is 3.34. The number of amides is 1. The van der Waals surface area contributed by atoms with Crippen LogP contribution in [0.3, 0.4) is 0 Å². The van der Waals surface area contributed by atoms with E-state index in [-0.39, 0.29) is 6.10 Å². The number of hydrogen-bond acceptors (Lipinski definition) is 5. The number of aromatic nitrogens is 2. The summed E-state index contributed by atoms with van der Waals surface area (Å²) in [5.74, 6) is -0.887. The van der Waals surface area contributed by atoms with E-state index in [0.29, 0.717) is 59.9 Å². The molecule has 7 nitrogen and oxygen atoms in total. The third-order valence-electron chi connectivity index (χ3n) is 5.66. The van der Waals surface area contributed by atoms with Gasteiger partial charge in [0.05, 0.1) is 29.7 Å². The molecule has 0 aliphatic carbocycles. The van der Waals surface area contributed by atoms with Crippen molar-refractivity contribution in [3.05, 3.63) is 65.2 Å². The van der Waals surface area contributed by atoms with E-state index in [4.69, 9.17) is 17.3 Å². The fourth-order valence-electron chi connectivity index (χ4n) is 3.84. The minimum absolute atomic E-state index is 0.323. The van der Waals surface area contributed by atoms with E-state index in [2.05, 4.69) is 15.5 Å². The van der Waals surface area contributed by atoms with Gasteiger partial charge < -0.3 is 21.1 Å². The molecule has 0 bridgehead atoms. The number of aliphatic hydroxyl groups is 1. The molecule has 9 heteroatoms. The van der Waals surface area contributed by atoms with Gasteiger partial charge in [-0.25, -0.2) is 4.39 Å². The molecule has 0 unspecified atom stereocenters. The number of aliphatic hydroxyl groups excluding tert-OH is 1. The molecule has 168 valence electrons. The van der Waals surface area contributed by atoms with Crippen molar-refractivity contribution in [2.45, 2.75) is 31.4 Å². The van der Waals surface area contributed by atoms with Gasteiger partial charge in [-0.3, -0.25) is 9.89 Å². The Hall–Kier alpha value is -2.94. The maximum atomic E-state index is 15.0. The third kappa shape index (κ3) is 5.09. The zero-order chi connectivity index (χ0) is 22.7. The van der Waals surface area contributed by atoms with Gasteiger partial charge in [-0.15, -0.1) is 0 Å². The van der Waals surface area contributed by atoms with E-state index >= 15 is 0 Å². The summed E-state index contributed by atoms with van der Waals surface area (Å²) in [4.78, 5) is 14.9. The molecule has 0 radical (unpaired) electrons. The van der Waals surface area contributed by atoms with Gasteiger partial charge in [-0.05, 0) is 43.0 Å². The van der Waals surface area contributed by atoms with Crippen LogP contribution in [0.25, 0.3) is 11.1 Å². The summed E-state index contributed by atoms with van der Waals surface area (Å²) in [5, 5.41) is 19.9. The number of nitrogens with two attached hydrogens (primary N) is 1. The van der Waals surface area contributed by atoms with Gasteiger partial charge in [0, 0.05) is 41.5 Å². The quantitative estimate of drug-likeness (QED) is 0.454. The van der Waals surface area contributed by atoms with Gasteiger partial charge in [0.25, 0.3) is 0 Å². The topological polar surface area (TPSA) is 107 Å². The number of nitrogens with one attached hydrogen (secondary N) is 2. The van der Waals surface area contributed by atoms with Crippen LogP contribution in [-0.2, 0) is 11.2 Å². The molecule has 1 atom stereocenters. The number of carbonyl (C=O) groups is 1. The van der Waals surface area contributed by atoms with Crippen molar-refractivity contribution < 1.29 is 14.3 Å². The summed E-state index contributed by atoms with van der Waals surface area (Å²) in [5.41, 5.74) is 9.03. The van der Waals surface area contributed by atoms with Crippen molar-refractivity contribution in [2.24, 2.45) is 5.73 Å². The molecule has 0 saturated carbocycles. The highest BCUT2D eigenvalue weighted by molar-refractivity contribution is 6.30. The molecule has 5 N–H and O–H groups in total. The Morgan fingerprint density at radius 2 is 2.03 bits per heavy atom. The SMILES string of the molecule is N[C@H](Cc1ccc(Cl)cc1)C(=O)Nc1cc(F)c(-c2cn[nH]c2)cc1N1CCC(O)CC1. The largest absolute Gasteiger partial charge is 0.393 e. The average Bonchev–Trinajstić information content (AvgIpc) is 3.31.